The second-order valence-electron chi connectivity index (χ2n) is 4.35. The minimum absolute atomic E-state index is 0.0177. The molecule has 84 valence electrons. The van der Waals surface area contributed by atoms with E-state index >= 15 is 0 Å². The number of rotatable bonds is 2. The van der Waals surface area contributed by atoms with Crippen LogP contribution in [0.25, 0.3) is 0 Å². The lowest BCUT2D eigenvalue weighted by Crippen LogP contribution is -2.11. The normalized spacial score (nSPS) is 13.7. The van der Waals surface area contributed by atoms with E-state index in [0.29, 0.717) is 5.75 Å². The van der Waals surface area contributed by atoms with Gasteiger partial charge in [-0.05, 0) is 34.2 Å². The molecule has 0 N–H and O–H groups in total. The second kappa shape index (κ2) is 4.33. The van der Waals surface area contributed by atoms with Gasteiger partial charge in [0.1, 0.15) is 5.75 Å². The van der Waals surface area contributed by atoms with Crippen molar-refractivity contribution in [2.24, 2.45) is 0 Å². The fraction of sp³-hybridized carbons (Fsp3) is 0.455. The Balaban J connectivity index is 3.25. The largest absolute Gasteiger partial charge is 0.768 e. The third-order valence-corrected chi connectivity index (χ3v) is 2.91. The van der Waals surface area contributed by atoms with E-state index in [1.807, 2.05) is 6.07 Å². The molecule has 0 fully saturated rings. The van der Waals surface area contributed by atoms with Crippen molar-refractivity contribution in [2.75, 3.05) is 7.11 Å². The molecule has 0 bridgehead atoms. The zero-order chi connectivity index (χ0) is 11.6. The molecule has 1 aromatic rings. The molecule has 0 spiro atoms. The van der Waals surface area contributed by atoms with E-state index < -0.39 is 11.1 Å². The van der Waals surface area contributed by atoms with E-state index in [-0.39, 0.29) is 10.3 Å². The van der Waals surface area contributed by atoms with Crippen LogP contribution < -0.4 is 4.74 Å². The third kappa shape index (κ3) is 2.79. The number of hydrogen-bond donors (Lipinski definition) is 0. The highest BCUT2D eigenvalue weighted by molar-refractivity contribution is 7.79. The van der Waals surface area contributed by atoms with Gasteiger partial charge in [0.2, 0.25) is 0 Å². The van der Waals surface area contributed by atoms with Gasteiger partial charge < -0.3 is 9.29 Å². The average Bonchev–Trinajstić information content (AvgIpc) is 2.15. The first kappa shape index (κ1) is 12.2. The molecule has 0 saturated carbocycles. The van der Waals surface area contributed by atoms with Crippen LogP contribution in [0.15, 0.2) is 23.1 Å². The Morgan fingerprint density at radius 3 is 2.33 bits per heavy atom. The van der Waals surface area contributed by atoms with Gasteiger partial charge in [-0.1, -0.05) is 26.8 Å². The fourth-order valence-corrected chi connectivity index (χ4v) is 1.76. The summed E-state index contributed by atoms with van der Waals surface area (Å²) in [5, 5.41) is 0. The zero-order valence-corrected chi connectivity index (χ0v) is 10.2. The molecule has 1 aromatic carbocycles. The molecular formula is C11H15O3S-. The lowest BCUT2D eigenvalue weighted by atomic mass is 9.87. The summed E-state index contributed by atoms with van der Waals surface area (Å²) in [5.41, 5.74) is 1.03. The lowest BCUT2D eigenvalue weighted by Gasteiger charge is -2.21. The van der Waals surface area contributed by atoms with Crippen LogP contribution in [0.4, 0.5) is 0 Å². The molecule has 0 radical (unpaired) electrons. The Morgan fingerprint density at radius 1 is 1.33 bits per heavy atom. The van der Waals surface area contributed by atoms with Gasteiger partial charge in [-0.25, -0.2) is 0 Å². The molecule has 1 rings (SSSR count). The monoisotopic (exact) mass is 227 g/mol. The molecule has 15 heavy (non-hydrogen) atoms. The summed E-state index contributed by atoms with van der Waals surface area (Å²) in [7, 11) is 1.47. The van der Waals surface area contributed by atoms with Gasteiger partial charge >= 0.3 is 0 Å². The highest BCUT2D eigenvalue weighted by Crippen LogP contribution is 2.29. The van der Waals surface area contributed by atoms with Gasteiger partial charge in [-0.3, -0.25) is 4.21 Å². The molecule has 0 amide bonds. The molecule has 1 unspecified atom stereocenters. The van der Waals surface area contributed by atoms with Crippen molar-refractivity contribution in [3.05, 3.63) is 23.8 Å². The van der Waals surface area contributed by atoms with Gasteiger partial charge in [-0.2, -0.15) is 0 Å². The highest BCUT2D eigenvalue weighted by Gasteiger charge is 2.15. The molecule has 0 saturated heterocycles. The van der Waals surface area contributed by atoms with Crippen molar-refractivity contribution in [3.8, 4) is 5.75 Å². The molecule has 3 nitrogen and oxygen atoms in total. The summed E-state index contributed by atoms with van der Waals surface area (Å²) < 4.78 is 26.8. The predicted molar refractivity (Wildman–Crippen MR) is 58.9 cm³/mol. The van der Waals surface area contributed by atoms with Crippen LogP contribution in [-0.2, 0) is 16.5 Å². The summed E-state index contributed by atoms with van der Waals surface area (Å²) >= 11 is -2.25. The Morgan fingerprint density at radius 2 is 1.93 bits per heavy atom. The minimum Gasteiger partial charge on any atom is -0.768 e. The van der Waals surface area contributed by atoms with Crippen molar-refractivity contribution in [1.82, 2.24) is 0 Å². The maximum Gasteiger partial charge on any atom is 0.134 e. The Kier molecular flexibility index (Phi) is 3.52. The van der Waals surface area contributed by atoms with Crippen LogP contribution in [-0.4, -0.2) is 15.9 Å². The van der Waals surface area contributed by atoms with Crippen LogP contribution in [0.1, 0.15) is 26.3 Å². The van der Waals surface area contributed by atoms with Crippen LogP contribution >= 0.6 is 0 Å². The quantitative estimate of drug-likeness (QED) is 0.728. The summed E-state index contributed by atoms with van der Waals surface area (Å²) in [6.07, 6.45) is 0. The molecular weight excluding hydrogens is 212 g/mol. The molecule has 0 aliphatic heterocycles. The Hall–Kier alpha value is -0.870. The van der Waals surface area contributed by atoms with Crippen molar-refractivity contribution in [2.45, 2.75) is 31.1 Å². The molecule has 1 atom stereocenters. The molecule has 4 heteroatoms. The highest BCUT2D eigenvalue weighted by atomic mass is 32.2. The predicted octanol–water partition coefficient (Wildman–Crippen LogP) is 2.23. The number of ether oxygens (including phenoxy) is 1. The fourth-order valence-electron chi connectivity index (χ4n) is 1.27. The van der Waals surface area contributed by atoms with Crippen molar-refractivity contribution in [1.29, 1.82) is 0 Å². The first-order valence-corrected chi connectivity index (χ1v) is 5.71. The number of hydrogen-bond acceptors (Lipinski definition) is 3. The van der Waals surface area contributed by atoms with Gasteiger partial charge in [0.25, 0.3) is 0 Å². The minimum atomic E-state index is -2.25. The van der Waals surface area contributed by atoms with Gasteiger partial charge in [0.15, 0.2) is 0 Å². The van der Waals surface area contributed by atoms with Crippen LogP contribution in [0.3, 0.4) is 0 Å². The maximum absolute atomic E-state index is 10.9. The van der Waals surface area contributed by atoms with E-state index in [9.17, 15) is 8.76 Å². The van der Waals surface area contributed by atoms with E-state index in [4.69, 9.17) is 4.74 Å². The Bertz CT molecular complexity index is 380. The van der Waals surface area contributed by atoms with E-state index in [2.05, 4.69) is 20.8 Å². The topological polar surface area (TPSA) is 49.4 Å². The third-order valence-electron chi connectivity index (χ3n) is 2.21. The first-order valence-electron chi connectivity index (χ1n) is 4.64. The standard InChI is InChI=1S/C11H16O3S/c1-11(2,3)8-5-6-10(15(12)13)9(7-8)14-4/h5-7H,1-4H3,(H,12,13)/p-1. The Labute approximate surface area is 92.7 Å². The summed E-state index contributed by atoms with van der Waals surface area (Å²) in [6, 6.07) is 5.15. The first-order chi connectivity index (χ1) is 6.86. The molecule has 0 heterocycles. The van der Waals surface area contributed by atoms with Gasteiger partial charge in [0, 0.05) is 0 Å². The summed E-state index contributed by atoms with van der Waals surface area (Å²) in [4.78, 5) is 0.200. The molecule has 0 aliphatic rings. The van der Waals surface area contributed by atoms with Crippen molar-refractivity contribution >= 4 is 11.1 Å². The van der Waals surface area contributed by atoms with Crippen molar-refractivity contribution in [3.63, 3.8) is 0 Å². The smallest absolute Gasteiger partial charge is 0.134 e. The second-order valence-corrected chi connectivity index (χ2v) is 5.26. The van der Waals surface area contributed by atoms with Crippen LogP contribution in [0, 0.1) is 0 Å². The van der Waals surface area contributed by atoms with E-state index in [1.54, 1.807) is 12.1 Å². The van der Waals surface area contributed by atoms with E-state index in [1.165, 1.54) is 7.11 Å². The number of methoxy groups -OCH3 is 1. The molecule has 0 aromatic heterocycles. The van der Waals surface area contributed by atoms with Gasteiger partial charge in [0.05, 0.1) is 12.0 Å². The maximum atomic E-state index is 10.9. The zero-order valence-electron chi connectivity index (χ0n) is 9.37. The van der Waals surface area contributed by atoms with Crippen LogP contribution in [0.2, 0.25) is 0 Å². The van der Waals surface area contributed by atoms with Crippen LogP contribution in [0.5, 0.6) is 5.75 Å². The van der Waals surface area contributed by atoms with Gasteiger partial charge in [-0.15, -0.1) is 0 Å². The molecule has 0 aliphatic carbocycles. The summed E-state index contributed by atoms with van der Waals surface area (Å²) in [5.74, 6) is 0.399. The summed E-state index contributed by atoms with van der Waals surface area (Å²) in [6.45, 7) is 6.20. The lowest BCUT2D eigenvalue weighted by molar-refractivity contribution is 0.399. The van der Waals surface area contributed by atoms with Crippen molar-refractivity contribution < 1.29 is 13.5 Å². The number of benzene rings is 1. The average molecular weight is 227 g/mol. The SMILES string of the molecule is COc1cc(C(C)(C)C)ccc1S(=O)[O-]. The van der Waals surface area contributed by atoms with E-state index in [0.717, 1.165) is 5.56 Å².